The molecule has 154 valence electrons. The van der Waals surface area contributed by atoms with Gasteiger partial charge in [0.05, 0.1) is 19.1 Å². The van der Waals surface area contributed by atoms with Gasteiger partial charge in [0.2, 0.25) is 11.8 Å². The number of halogens is 2. The van der Waals surface area contributed by atoms with Crippen molar-refractivity contribution in [3.8, 4) is 0 Å². The quantitative estimate of drug-likeness (QED) is 0.580. The van der Waals surface area contributed by atoms with Crippen LogP contribution in [0.1, 0.15) is 32.6 Å². The van der Waals surface area contributed by atoms with Gasteiger partial charge >= 0.3 is 0 Å². The molecule has 2 fully saturated rings. The van der Waals surface area contributed by atoms with Crippen molar-refractivity contribution in [1.29, 1.82) is 0 Å². The summed E-state index contributed by atoms with van der Waals surface area (Å²) in [6.45, 7) is 8.01. The monoisotopic (exact) mass is 412 g/mol. The van der Waals surface area contributed by atoms with Gasteiger partial charge in [-0.05, 0) is 6.42 Å². The molecule has 26 heavy (non-hydrogen) atoms. The lowest BCUT2D eigenvalue weighted by Crippen LogP contribution is -2.44. The molecule has 2 atom stereocenters. The van der Waals surface area contributed by atoms with Crippen LogP contribution in [0.4, 0.5) is 0 Å². The molecular weight excluding hydrogens is 379 g/mol. The topological polar surface area (TPSA) is 87.9 Å². The van der Waals surface area contributed by atoms with E-state index in [4.69, 9.17) is 10.5 Å². The van der Waals surface area contributed by atoms with Crippen molar-refractivity contribution in [2.75, 3.05) is 52.5 Å². The second kappa shape index (κ2) is 13.6. The number of morpholine rings is 1. The Kier molecular flexibility index (Phi) is 13.2. The summed E-state index contributed by atoms with van der Waals surface area (Å²) in [5.41, 5.74) is 5.74. The molecule has 7 nitrogen and oxygen atoms in total. The van der Waals surface area contributed by atoms with Gasteiger partial charge in [0.1, 0.15) is 0 Å². The summed E-state index contributed by atoms with van der Waals surface area (Å²) in [6, 6.07) is 0.0231. The average Bonchev–Trinajstić information content (AvgIpc) is 2.98. The van der Waals surface area contributed by atoms with E-state index in [1.165, 1.54) is 0 Å². The number of likely N-dealkylation sites (tertiary alicyclic amines) is 1. The molecule has 2 rings (SSSR count). The first kappa shape index (κ1) is 25.4. The minimum Gasteiger partial charge on any atom is -0.379 e. The summed E-state index contributed by atoms with van der Waals surface area (Å²) in [4.78, 5) is 28.7. The lowest BCUT2D eigenvalue weighted by Gasteiger charge is -2.28. The molecule has 0 spiro atoms. The van der Waals surface area contributed by atoms with E-state index in [2.05, 4.69) is 17.1 Å². The number of nitrogens with two attached hydrogens (primary N) is 1. The second-order valence-corrected chi connectivity index (χ2v) is 6.78. The van der Waals surface area contributed by atoms with Crippen LogP contribution in [0, 0.1) is 5.92 Å². The van der Waals surface area contributed by atoms with Gasteiger partial charge in [-0.25, -0.2) is 0 Å². The highest BCUT2D eigenvalue weighted by Gasteiger charge is 2.34. The van der Waals surface area contributed by atoms with Gasteiger partial charge < -0.3 is 20.7 Å². The Morgan fingerprint density at radius 2 is 2.00 bits per heavy atom. The number of nitrogens with one attached hydrogen (secondary N) is 1. The Labute approximate surface area is 169 Å². The maximum Gasteiger partial charge on any atom is 0.225 e. The molecule has 2 amide bonds. The minimum atomic E-state index is -0.238. The Morgan fingerprint density at radius 3 is 2.62 bits per heavy atom. The molecule has 2 heterocycles. The van der Waals surface area contributed by atoms with E-state index in [1.54, 1.807) is 0 Å². The van der Waals surface area contributed by atoms with Crippen molar-refractivity contribution < 1.29 is 14.3 Å². The van der Waals surface area contributed by atoms with Crippen LogP contribution in [-0.2, 0) is 14.3 Å². The zero-order valence-electron chi connectivity index (χ0n) is 15.7. The van der Waals surface area contributed by atoms with Gasteiger partial charge in [-0.1, -0.05) is 19.8 Å². The van der Waals surface area contributed by atoms with Crippen LogP contribution in [0.5, 0.6) is 0 Å². The highest BCUT2D eigenvalue weighted by Crippen LogP contribution is 2.18. The maximum absolute atomic E-state index is 12.4. The predicted molar refractivity (Wildman–Crippen MR) is 107 cm³/mol. The fourth-order valence-electron chi connectivity index (χ4n) is 3.27. The van der Waals surface area contributed by atoms with E-state index in [9.17, 15) is 9.59 Å². The zero-order chi connectivity index (χ0) is 17.4. The molecule has 0 radical (unpaired) electrons. The third-order valence-electron chi connectivity index (χ3n) is 4.91. The summed E-state index contributed by atoms with van der Waals surface area (Å²) in [7, 11) is 0. The van der Waals surface area contributed by atoms with E-state index in [0.717, 1.165) is 52.1 Å². The molecule has 0 bridgehead atoms. The predicted octanol–water partition coefficient (Wildman–Crippen LogP) is 0.644. The van der Waals surface area contributed by atoms with Crippen molar-refractivity contribution in [1.82, 2.24) is 15.1 Å². The third-order valence-corrected chi connectivity index (χ3v) is 4.91. The number of nitrogens with zero attached hydrogens (tertiary/aromatic N) is 2. The van der Waals surface area contributed by atoms with Crippen molar-refractivity contribution >= 4 is 36.6 Å². The van der Waals surface area contributed by atoms with Crippen LogP contribution < -0.4 is 11.1 Å². The number of ether oxygens (including phenoxy) is 1. The van der Waals surface area contributed by atoms with Gasteiger partial charge in [-0.3, -0.25) is 14.5 Å². The summed E-state index contributed by atoms with van der Waals surface area (Å²) < 4.78 is 5.33. The Balaban J connectivity index is 0.00000312. The first-order valence-corrected chi connectivity index (χ1v) is 9.22. The molecule has 0 aromatic heterocycles. The SMILES string of the molecule is CCCCC(CN)NC(=O)C1CC(=O)N(CCN2CCOCC2)C1.Cl.Cl. The Morgan fingerprint density at radius 1 is 1.31 bits per heavy atom. The molecule has 0 aliphatic carbocycles. The molecule has 2 unspecified atom stereocenters. The molecule has 0 aromatic carbocycles. The van der Waals surface area contributed by atoms with Gasteiger partial charge in [0.15, 0.2) is 0 Å². The summed E-state index contributed by atoms with van der Waals surface area (Å²) in [5.74, 6) is -0.178. The van der Waals surface area contributed by atoms with E-state index in [-0.39, 0.29) is 48.6 Å². The largest absolute Gasteiger partial charge is 0.379 e. The lowest BCUT2D eigenvalue weighted by molar-refractivity contribution is -0.129. The molecule has 0 saturated carbocycles. The van der Waals surface area contributed by atoms with Crippen molar-refractivity contribution in [3.63, 3.8) is 0 Å². The van der Waals surface area contributed by atoms with E-state index in [1.807, 2.05) is 4.90 Å². The van der Waals surface area contributed by atoms with E-state index in [0.29, 0.717) is 26.1 Å². The Bertz CT molecular complexity index is 423. The normalized spacial score (nSPS) is 21.7. The molecule has 2 aliphatic heterocycles. The first-order chi connectivity index (χ1) is 11.6. The van der Waals surface area contributed by atoms with Crippen molar-refractivity contribution in [2.45, 2.75) is 38.6 Å². The lowest BCUT2D eigenvalue weighted by atomic mass is 10.1. The van der Waals surface area contributed by atoms with Gasteiger partial charge in [-0.2, -0.15) is 0 Å². The summed E-state index contributed by atoms with van der Waals surface area (Å²) in [5, 5.41) is 3.02. The van der Waals surface area contributed by atoms with Crippen molar-refractivity contribution in [3.05, 3.63) is 0 Å². The van der Waals surface area contributed by atoms with E-state index >= 15 is 0 Å². The van der Waals surface area contributed by atoms with Crippen LogP contribution in [0.2, 0.25) is 0 Å². The molecule has 2 aliphatic rings. The zero-order valence-corrected chi connectivity index (χ0v) is 17.3. The molecule has 2 saturated heterocycles. The van der Waals surface area contributed by atoms with Gasteiger partial charge in [-0.15, -0.1) is 24.8 Å². The van der Waals surface area contributed by atoms with Gasteiger partial charge in [0, 0.05) is 51.7 Å². The van der Waals surface area contributed by atoms with E-state index < -0.39 is 0 Å². The molecule has 0 aromatic rings. The van der Waals surface area contributed by atoms with Gasteiger partial charge in [0.25, 0.3) is 0 Å². The Hall–Kier alpha value is -0.600. The van der Waals surface area contributed by atoms with Crippen LogP contribution in [-0.4, -0.2) is 80.1 Å². The number of amides is 2. The van der Waals surface area contributed by atoms with Crippen LogP contribution in [0.15, 0.2) is 0 Å². The standard InChI is InChI=1S/C17H32N4O3.2ClH/c1-2-3-4-15(12-18)19-17(23)14-11-16(22)21(13-14)6-5-20-7-9-24-10-8-20;;/h14-15H,2-13,18H2,1H3,(H,19,23);2*1H. The first-order valence-electron chi connectivity index (χ1n) is 9.22. The number of carbonyl (C=O) groups excluding carboxylic acids is 2. The number of carbonyl (C=O) groups is 2. The van der Waals surface area contributed by atoms with Crippen LogP contribution in [0.25, 0.3) is 0 Å². The van der Waals surface area contributed by atoms with Crippen LogP contribution in [0.3, 0.4) is 0 Å². The highest BCUT2D eigenvalue weighted by atomic mass is 35.5. The minimum absolute atomic E-state index is 0. The van der Waals surface area contributed by atoms with Crippen LogP contribution >= 0.6 is 24.8 Å². The molecule has 3 N–H and O–H groups in total. The second-order valence-electron chi connectivity index (χ2n) is 6.78. The number of rotatable bonds is 9. The fraction of sp³-hybridized carbons (Fsp3) is 0.882. The number of hydrogen-bond donors (Lipinski definition) is 2. The summed E-state index contributed by atoms with van der Waals surface area (Å²) in [6.07, 6.45) is 3.36. The maximum atomic E-state index is 12.4. The average molecular weight is 413 g/mol. The molecular formula is C17H34Cl2N4O3. The smallest absolute Gasteiger partial charge is 0.225 e. The highest BCUT2D eigenvalue weighted by molar-refractivity contribution is 5.89. The summed E-state index contributed by atoms with van der Waals surface area (Å²) >= 11 is 0. The number of unbranched alkanes of at least 4 members (excludes halogenated alkanes) is 1. The fourth-order valence-corrected chi connectivity index (χ4v) is 3.27. The number of hydrogen-bond acceptors (Lipinski definition) is 5. The van der Waals surface area contributed by atoms with Crippen molar-refractivity contribution in [2.24, 2.45) is 11.7 Å². The molecule has 9 heteroatoms. The third kappa shape index (κ3) is 7.96.